The van der Waals surface area contributed by atoms with E-state index in [-0.39, 0.29) is 0 Å². The molecule has 2 nitrogen and oxygen atoms in total. The van der Waals surface area contributed by atoms with E-state index in [1.807, 2.05) is 13.2 Å². The highest BCUT2D eigenvalue weighted by molar-refractivity contribution is 5.22. The molecular weight excluding hydrogens is 124 g/mol. The van der Waals surface area contributed by atoms with Crippen molar-refractivity contribution in [3.63, 3.8) is 0 Å². The number of rotatable bonds is 4. The Morgan fingerprint density at radius 3 is 2.70 bits per heavy atom. The molecular formula is C8H16N2. The minimum absolute atomic E-state index is 1.14. The Morgan fingerprint density at radius 2 is 2.30 bits per heavy atom. The van der Waals surface area contributed by atoms with Crippen LogP contribution in [-0.4, -0.2) is 18.8 Å². The molecule has 0 saturated carbocycles. The fraction of sp³-hybridized carbons (Fsp3) is 0.625. The van der Waals surface area contributed by atoms with Crippen molar-refractivity contribution in [3.05, 3.63) is 11.8 Å². The average Bonchev–Trinajstić information content (AvgIpc) is 1.88. The molecule has 0 aliphatic heterocycles. The van der Waals surface area contributed by atoms with Crippen molar-refractivity contribution in [3.8, 4) is 0 Å². The number of nitrogens with zero attached hydrogens (tertiary/aromatic N) is 2. The molecule has 0 radical (unpaired) electrons. The monoisotopic (exact) mass is 140 g/mol. The van der Waals surface area contributed by atoms with Gasteiger partial charge >= 0.3 is 0 Å². The zero-order chi connectivity index (χ0) is 7.98. The number of hydrogen-bond acceptors (Lipinski definition) is 2. The molecule has 0 atom stereocenters. The van der Waals surface area contributed by atoms with Crippen molar-refractivity contribution >= 4 is 6.72 Å². The van der Waals surface area contributed by atoms with E-state index in [2.05, 4.69) is 25.7 Å². The van der Waals surface area contributed by atoms with Crippen LogP contribution < -0.4 is 0 Å². The summed E-state index contributed by atoms with van der Waals surface area (Å²) >= 11 is 0. The Balaban J connectivity index is 3.76. The third-order valence-corrected chi connectivity index (χ3v) is 1.27. The fourth-order valence-electron chi connectivity index (χ4n) is 0.819. The van der Waals surface area contributed by atoms with E-state index in [0.717, 1.165) is 6.42 Å². The van der Waals surface area contributed by atoms with Gasteiger partial charge in [0.2, 0.25) is 0 Å². The summed E-state index contributed by atoms with van der Waals surface area (Å²) in [4.78, 5) is 0. The molecule has 10 heavy (non-hydrogen) atoms. The SMILES string of the molecule is C=NN(C)/C=C(\C)CCC. The molecule has 58 valence electrons. The van der Waals surface area contributed by atoms with Gasteiger partial charge in [0.05, 0.1) is 0 Å². The molecule has 0 N–H and O–H groups in total. The molecule has 0 amide bonds. The van der Waals surface area contributed by atoms with Crippen LogP contribution in [0.5, 0.6) is 0 Å². The highest BCUT2D eigenvalue weighted by Crippen LogP contribution is 2.03. The van der Waals surface area contributed by atoms with E-state index in [9.17, 15) is 0 Å². The van der Waals surface area contributed by atoms with Gasteiger partial charge in [-0.25, -0.2) is 0 Å². The molecule has 0 aliphatic rings. The lowest BCUT2D eigenvalue weighted by Gasteiger charge is -2.06. The number of hydrazone groups is 1. The summed E-state index contributed by atoms with van der Waals surface area (Å²) in [5.41, 5.74) is 1.34. The van der Waals surface area contributed by atoms with Crippen LogP contribution >= 0.6 is 0 Å². The van der Waals surface area contributed by atoms with Gasteiger partial charge in [-0.1, -0.05) is 18.9 Å². The number of allylic oxidation sites excluding steroid dienone is 1. The van der Waals surface area contributed by atoms with Crippen LogP contribution in [0, 0.1) is 0 Å². The average molecular weight is 140 g/mol. The summed E-state index contributed by atoms with van der Waals surface area (Å²) in [6.45, 7) is 7.67. The van der Waals surface area contributed by atoms with Gasteiger partial charge in [0, 0.05) is 20.0 Å². The van der Waals surface area contributed by atoms with Crippen LogP contribution in [0.3, 0.4) is 0 Å². The van der Waals surface area contributed by atoms with E-state index in [0.29, 0.717) is 0 Å². The zero-order valence-corrected chi connectivity index (χ0v) is 7.09. The first-order valence-electron chi connectivity index (χ1n) is 3.57. The lowest BCUT2D eigenvalue weighted by Crippen LogP contribution is -2.00. The van der Waals surface area contributed by atoms with Gasteiger partial charge < -0.3 is 0 Å². The zero-order valence-electron chi connectivity index (χ0n) is 7.09. The maximum atomic E-state index is 3.72. The van der Waals surface area contributed by atoms with Crippen molar-refractivity contribution in [2.45, 2.75) is 26.7 Å². The maximum absolute atomic E-state index is 3.72. The topological polar surface area (TPSA) is 15.6 Å². The van der Waals surface area contributed by atoms with E-state index in [1.165, 1.54) is 12.0 Å². The summed E-state index contributed by atoms with van der Waals surface area (Å²) in [6, 6.07) is 0. The second-order valence-electron chi connectivity index (χ2n) is 2.44. The molecule has 0 unspecified atom stereocenters. The Labute approximate surface area is 63.2 Å². The van der Waals surface area contributed by atoms with Crippen LogP contribution in [-0.2, 0) is 0 Å². The summed E-state index contributed by atoms with van der Waals surface area (Å²) in [6.07, 6.45) is 4.32. The first-order chi connectivity index (χ1) is 4.70. The Hall–Kier alpha value is -0.790. The molecule has 0 aliphatic carbocycles. The van der Waals surface area contributed by atoms with Crippen molar-refractivity contribution in [1.82, 2.24) is 5.01 Å². The third kappa shape index (κ3) is 4.13. The Morgan fingerprint density at radius 1 is 1.70 bits per heavy atom. The fourth-order valence-corrected chi connectivity index (χ4v) is 0.819. The van der Waals surface area contributed by atoms with Crippen LogP contribution in [0.15, 0.2) is 16.9 Å². The molecule has 0 heterocycles. The quantitative estimate of drug-likeness (QED) is 0.432. The molecule has 0 aromatic rings. The van der Waals surface area contributed by atoms with Crippen LogP contribution in [0.25, 0.3) is 0 Å². The summed E-state index contributed by atoms with van der Waals surface area (Å²) in [7, 11) is 1.88. The maximum Gasteiger partial charge on any atom is 0.0296 e. The van der Waals surface area contributed by atoms with Gasteiger partial charge in [-0.05, 0) is 13.3 Å². The highest BCUT2D eigenvalue weighted by atomic mass is 15.4. The van der Waals surface area contributed by atoms with Gasteiger partial charge in [0.1, 0.15) is 0 Å². The van der Waals surface area contributed by atoms with Gasteiger partial charge in [-0.3, -0.25) is 5.01 Å². The van der Waals surface area contributed by atoms with E-state index >= 15 is 0 Å². The molecule has 2 heteroatoms. The molecule has 0 saturated heterocycles. The predicted octanol–water partition coefficient (Wildman–Crippen LogP) is 2.24. The molecule has 0 rings (SSSR count). The van der Waals surface area contributed by atoms with Crippen LogP contribution in [0.2, 0.25) is 0 Å². The Kier molecular flexibility index (Phi) is 4.63. The van der Waals surface area contributed by atoms with E-state index < -0.39 is 0 Å². The molecule has 0 aromatic heterocycles. The molecule has 0 spiro atoms. The first-order valence-corrected chi connectivity index (χ1v) is 3.57. The Bertz CT molecular complexity index is 127. The lowest BCUT2D eigenvalue weighted by molar-refractivity contribution is 0.488. The largest absolute Gasteiger partial charge is 0.277 e. The summed E-state index contributed by atoms with van der Waals surface area (Å²) in [5, 5.41) is 5.44. The van der Waals surface area contributed by atoms with Crippen molar-refractivity contribution in [1.29, 1.82) is 0 Å². The van der Waals surface area contributed by atoms with Crippen LogP contribution in [0.4, 0.5) is 0 Å². The molecule has 0 aromatic carbocycles. The second-order valence-corrected chi connectivity index (χ2v) is 2.44. The normalized spacial score (nSPS) is 11.3. The minimum atomic E-state index is 1.14. The van der Waals surface area contributed by atoms with Crippen molar-refractivity contribution in [2.75, 3.05) is 7.05 Å². The number of hydrogen-bond donors (Lipinski definition) is 0. The predicted molar refractivity (Wildman–Crippen MR) is 46.0 cm³/mol. The van der Waals surface area contributed by atoms with Gasteiger partial charge in [-0.15, -0.1) is 0 Å². The highest BCUT2D eigenvalue weighted by Gasteiger charge is 1.88. The third-order valence-electron chi connectivity index (χ3n) is 1.27. The van der Waals surface area contributed by atoms with Crippen molar-refractivity contribution in [2.24, 2.45) is 5.10 Å². The molecule has 0 bridgehead atoms. The van der Waals surface area contributed by atoms with E-state index in [1.54, 1.807) is 5.01 Å². The smallest absolute Gasteiger partial charge is 0.0296 e. The van der Waals surface area contributed by atoms with E-state index in [4.69, 9.17) is 0 Å². The summed E-state index contributed by atoms with van der Waals surface area (Å²) in [5.74, 6) is 0. The standard InChI is InChI=1S/C8H16N2/c1-5-6-8(2)7-10(4)9-3/h7H,3,5-6H2,1-2,4H3/b8-7+. The van der Waals surface area contributed by atoms with Gasteiger partial charge in [0.15, 0.2) is 0 Å². The molecule has 0 fully saturated rings. The summed E-state index contributed by atoms with van der Waals surface area (Å²) < 4.78 is 0. The second kappa shape index (κ2) is 5.03. The van der Waals surface area contributed by atoms with Gasteiger partial charge in [-0.2, -0.15) is 5.10 Å². The van der Waals surface area contributed by atoms with Crippen LogP contribution in [0.1, 0.15) is 26.7 Å². The van der Waals surface area contributed by atoms with Crippen molar-refractivity contribution < 1.29 is 0 Å². The minimum Gasteiger partial charge on any atom is -0.277 e. The van der Waals surface area contributed by atoms with Gasteiger partial charge in [0.25, 0.3) is 0 Å². The first kappa shape index (κ1) is 9.21. The lowest BCUT2D eigenvalue weighted by atomic mass is 10.2.